The highest BCUT2D eigenvalue weighted by Crippen LogP contribution is 2.34. The molecule has 4 rings (SSSR count). The summed E-state index contributed by atoms with van der Waals surface area (Å²) in [6.07, 6.45) is 6.51. The van der Waals surface area contributed by atoms with E-state index < -0.39 is 88.5 Å². The average Bonchev–Trinajstić information content (AvgIpc) is 4.39. The number of imidazole rings is 1. The molecule has 7 amide bonds. The Morgan fingerprint density at radius 1 is 0.843 bits per heavy atom. The second-order valence-electron chi connectivity index (χ2n) is 20.3. The molecule has 4 heterocycles. The number of aromatic nitrogens is 6. The van der Waals surface area contributed by atoms with E-state index in [1.54, 1.807) is 5.38 Å². The van der Waals surface area contributed by atoms with Gasteiger partial charge in [-0.1, -0.05) is 32.4 Å². The third-order valence-corrected chi connectivity index (χ3v) is 15.9. The van der Waals surface area contributed by atoms with Crippen LogP contribution in [0.4, 0.5) is 5.82 Å². The molecule has 0 aromatic carbocycles. The fourth-order valence-electron chi connectivity index (χ4n) is 8.21. The van der Waals surface area contributed by atoms with Crippen LogP contribution >= 0.6 is 34.3 Å². The number of aliphatic hydroxyl groups is 1. The number of anilines is 1. The van der Waals surface area contributed by atoms with Crippen molar-refractivity contribution < 1.29 is 42.9 Å². The first kappa shape index (κ1) is 69.3. The molecule has 0 bridgehead atoms. The SMILES string of the molecule is Cc1c(N)nc([C@H](CC(N)=O)NC[C@H](N)C(N)=O)nc1C(=O)N[C@@H](Cc1cnc[nH]1)C(=O)N[C@H](CC(C)C)[C@@H](O)[C@H](C)C(=O)N[C@@H](CCS(C)=O)C(=O)NCCc1nc(-c2nc(C(=O)NCCCNCCCCNCCCN)cs2)c(Cl)s1. The Kier molecular flexibility index (Phi) is 30.0. The van der Waals surface area contributed by atoms with Gasteiger partial charge < -0.3 is 81.3 Å². The van der Waals surface area contributed by atoms with Crippen LogP contribution in [-0.4, -0.2) is 175 Å². The maximum atomic E-state index is 14.4. The van der Waals surface area contributed by atoms with E-state index in [-0.39, 0.29) is 91.4 Å². The fourth-order valence-corrected chi connectivity index (χ4v) is 10.9. The molecule has 0 saturated heterocycles. The summed E-state index contributed by atoms with van der Waals surface area (Å²) in [4.78, 5) is 117. The van der Waals surface area contributed by atoms with Gasteiger partial charge in [-0.15, -0.1) is 22.7 Å². The number of H-pyrrole nitrogens is 1. The predicted molar refractivity (Wildman–Crippen MR) is 319 cm³/mol. The van der Waals surface area contributed by atoms with E-state index in [0.29, 0.717) is 38.8 Å². The zero-order valence-electron chi connectivity index (χ0n) is 47.5. The summed E-state index contributed by atoms with van der Waals surface area (Å²) in [5.74, 6) is -6.41. The number of carbonyl (C=O) groups excluding carboxylic acids is 7. The van der Waals surface area contributed by atoms with Gasteiger partial charge in [-0.25, -0.2) is 24.9 Å². The lowest BCUT2D eigenvalue weighted by molar-refractivity contribution is -0.134. The van der Waals surface area contributed by atoms with Crippen LogP contribution < -0.4 is 71.2 Å². The van der Waals surface area contributed by atoms with Gasteiger partial charge in [0, 0.05) is 84.5 Å². The summed E-state index contributed by atoms with van der Waals surface area (Å²) >= 11 is 9.02. The molecule has 0 radical (unpaired) electrons. The first-order chi connectivity index (χ1) is 39.5. The Bertz CT molecular complexity index is 2770. The maximum Gasteiger partial charge on any atom is 0.271 e. The van der Waals surface area contributed by atoms with Crippen LogP contribution in [0.15, 0.2) is 17.9 Å². The zero-order chi connectivity index (χ0) is 61.2. The minimum Gasteiger partial charge on any atom is -0.390 e. The largest absolute Gasteiger partial charge is 0.390 e. The summed E-state index contributed by atoms with van der Waals surface area (Å²) in [5, 5.41) is 38.1. The molecule has 8 atom stereocenters. The number of hydrogen-bond donors (Lipinski definition) is 15. The van der Waals surface area contributed by atoms with Gasteiger partial charge in [0.05, 0.1) is 41.5 Å². The smallest absolute Gasteiger partial charge is 0.271 e. The van der Waals surface area contributed by atoms with E-state index in [9.17, 15) is 42.9 Å². The third-order valence-electron chi connectivity index (χ3n) is 12.9. The number of halogens is 1. The van der Waals surface area contributed by atoms with Crippen molar-refractivity contribution in [1.29, 1.82) is 0 Å². The van der Waals surface area contributed by atoms with E-state index in [2.05, 4.69) is 72.4 Å². The minimum absolute atomic E-state index is 0.00588. The number of amides is 7. The van der Waals surface area contributed by atoms with Gasteiger partial charge in [-0.3, -0.25) is 37.8 Å². The van der Waals surface area contributed by atoms with Crippen LogP contribution in [0.25, 0.3) is 10.7 Å². The third kappa shape index (κ3) is 23.8. The normalized spacial score (nSPS) is 14.4. The standard InChI is InChI=1S/C51H82ClN19O9S3/c1-27(2)20-33(66-49(78)35(21-30-23-60-26-64-30)67-50(79)39-28(3)43(56)71-45(70-39)34(22-37(55)72)63-24-31(54)44(57)74)41(73)29(4)46(75)65-32(11-19-83(5)80)47(76)62-18-10-38-69-40(42(52)82-38)51-68-36(25-81-51)48(77)61-17-9-16-59-14-7-6-13-58-15-8-12-53/h23,25-27,29,31-35,41,58-59,63,73H,6-22,24,53-54H2,1-5H3,(H2,55,72)(H2,57,74)(H,60,64)(H,61,77)(H,62,76)(H,65,75)(H,66,78)(H,67,79)(H2,56,70,71)/t29-,31-,32-,33+,34-,35-,41-,83?/m0/s1. The highest BCUT2D eigenvalue weighted by molar-refractivity contribution is 7.84. The van der Waals surface area contributed by atoms with E-state index in [4.69, 9.17) is 40.3 Å². The molecular formula is C51H82ClN19O9S3. The lowest BCUT2D eigenvalue weighted by Gasteiger charge is -2.31. The van der Waals surface area contributed by atoms with Crippen molar-refractivity contribution in [1.82, 2.24) is 72.4 Å². The van der Waals surface area contributed by atoms with Crippen molar-refractivity contribution in [3.63, 3.8) is 0 Å². The number of nitrogen functional groups attached to an aromatic ring is 1. The van der Waals surface area contributed by atoms with E-state index in [1.807, 2.05) is 13.8 Å². The lowest BCUT2D eigenvalue weighted by atomic mass is 9.90. The zero-order valence-corrected chi connectivity index (χ0v) is 50.7. The van der Waals surface area contributed by atoms with E-state index in [0.717, 1.165) is 51.9 Å². The second-order valence-corrected chi connectivity index (χ2v) is 24.4. The summed E-state index contributed by atoms with van der Waals surface area (Å²) in [6.45, 7) is 11.2. The molecular weight excluding hydrogens is 1150 g/mol. The van der Waals surface area contributed by atoms with Crippen LogP contribution in [0, 0.1) is 18.8 Å². The van der Waals surface area contributed by atoms with Crippen molar-refractivity contribution in [3.05, 3.63) is 55.7 Å². The van der Waals surface area contributed by atoms with Crippen LogP contribution in [0.5, 0.6) is 0 Å². The second kappa shape index (κ2) is 35.9. The Balaban J connectivity index is 1.38. The van der Waals surface area contributed by atoms with Crippen LogP contribution in [0.1, 0.15) is 115 Å². The first-order valence-corrected chi connectivity index (χ1v) is 31.1. The Hall–Kier alpha value is -6.16. The number of rotatable bonds is 40. The number of nitrogens with two attached hydrogens (primary N) is 5. The molecule has 28 nitrogen and oxygen atoms in total. The van der Waals surface area contributed by atoms with Crippen LogP contribution in [0.2, 0.25) is 4.34 Å². The summed E-state index contributed by atoms with van der Waals surface area (Å²) in [7, 11) is -1.34. The number of aromatic amines is 1. The number of unbranched alkanes of at least 4 members (excludes halogenated alkanes) is 1. The van der Waals surface area contributed by atoms with Crippen LogP contribution in [-0.2, 0) is 47.6 Å². The highest BCUT2D eigenvalue weighted by atomic mass is 35.5. The number of hydrogen-bond acceptors (Lipinski definition) is 22. The van der Waals surface area contributed by atoms with E-state index >= 15 is 0 Å². The predicted octanol–water partition coefficient (Wildman–Crippen LogP) is -1.45. The Morgan fingerprint density at radius 2 is 1.54 bits per heavy atom. The summed E-state index contributed by atoms with van der Waals surface area (Å²) in [5.41, 5.74) is 29.3. The van der Waals surface area contributed by atoms with Gasteiger partial charge in [0.25, 0.3) is 11.8 Å². The monoisotopic (exact) mass is 1240 g/mol. The average molecular weight is 1240 g/mol. The van der Waals surface area contributed by atoms with Crippen molar-refractivity contribution in [2.24, 2.45) is 34.8 Å². The Labute approximate surface area is 498 Å². The molecule has 32 heteroatoms. The van der Waals surface area contributed by atoms with Crippen molar-refractivity contribution in [2.45, 2.75) is 122 Å². The van der Waals surface area contributed by atoms with Gasteiger partial charge in [0.15, 0.2) is 0 Å². The lowest BCUT2D eigenvalue weighted by Crippen LogP contribution is -2.57. The molecule has 83 heavy (non-hydrogen) atoms. The highest BCUT2D eigenvalue weighted by Gasteiger charge is 2.36. The molecule has 20 N–H and O–H groups in total. The minimum atomic E-state index is -1.53. The number of nitrogens with zero attached hydrogens (tertiary/aromatic N) is 5. The van der Waals surface area contributed by atoms with Crippen LogP contribution in [0.3, 0.4) is 0 Å². The topological polar surface area (TPSA) is 463 Å². The van der Waals surface area contributed by atoms with Gasteiger partial charge in [-0.05, 0) is 84.1 Å². The first-order valence-electron chi connectivity index (χ1n) is 27.3. The molecule has 4 aromatic rings. The summed E-state index contributed by atoms with van der Waals surface area (Å²) in [6, 6.07) is -5.80. The molecule has 1 unspecified atom stereocenters. The van der Waals surface area contributed by atoms with Crippen molar-refractivity contribution in [3.8, 4) is 10.7 Å². The van der Waals surface area contributed by atoms with Crippen molar-refractivity contribution in [2.75, 3.05) is 70.1 Å². The number of nitrogens with one attached hydrogen (secondary N) is 9. The molecule has 0 aliphatic carbocycles. The number of thiazole rings is 2. The molecule has 4 aromatic heterocycles. The molecule has 0 saturated carbocycles. The summed E-state index contributed by atoms with van der Waals surface area (Å²) < 4.78 is 12.6. The fraction of sp³-hybridized carbons (Fsp3) is 0.608. The van der Waals surface area contributed by atoms with Gasteiger partial charge in [0.1, 0.15) is 50.2 Å². The van der Waals surface area contributed by atoms with Gasteiger partial charge in [-0.2, -0.15) is 0 Å². The molecule has 460 valence electrons. The maximum absolute atomic E-state index is 14.4. The number of carbonyl (C=O) groups is 7. The molecule has 0 spiro atoms. The molecule has 0 aliphatic rings. The van der Waals surface area contributed by atoms with Gasteiger partial charge >= 0.3 is 0 Å². The Morgan fingerprint density at radius 3 is 2.18 bits per heavy atom. The molecule has 0 aliphatic heterocycles. The number of aliphatic hydroxyl groups excluding tert-OH is 1. The number of primary amides is 2. The molecule has 0 fully saturated rings. The van der Waals surface area contributed by atoms with Crippen molar-refractivity contribution >= 4 is 92.2 Å². The quantitative estimate of drug-likeness (QED) is 0.0227. The van der Waals surface area contributed by atoms with E-state index in [1.165, 1.54) is 55.3 Å². The van der Waals surface area contributed by atoms with Gasteiger partial charge in [0.2, 0.25) is 29.5 Å².